The summed E-state index contributed by atoms with van der Waals surface area (Å²) in [4.78, 5) is 64.9. The molecule has 2 aromatic heterocycles. The molecule has 1 amide bonds. The van der Waals surface area contributed by atoms with Gasteiger partial charge in [-0.1, -0.05) is 55.8 Å². The highest BCUT2D eigenvalue weighted by molar-refractivity contribution is 6.25. The highest BCUT2D eigenvalue weighted by Crippen LogP contribution is 2.41. The smallest absolute Gasteiger partial charge is 0.340 e. The zero-order valence-electron chi connectivity index (χ0n) is 38.3. The molecule has 6 bridgehead atoms. The van der Waals surface area contributed by atoms with Crippen LogP contribution in [0.2, 0.25) is 0 Å². The average Bonchev–Trinajstić information content (AvgIpc) is 3.93. The van der Waals surface area contributed by atoms with Gasteiger partial charge in [0.2, 0.25) is 5.91 Å². The van der Waals surface area contributed by atoms with E-state index in [9.17, 15) is 19.2 Å². The summed E-state index contributed by atoms with van der Waals surface area (Å²) in [6.07, 6.45) is 13.0. The molecule has 3 aromatic rings. The van der Waals surface area contributed by atoms with Gasteiger partial charge in [0.1, 0.15) is 6.04 Å². The predicted molar refractivity (Wildman–Crippen MR) is 251 cm³/mol. The predicted octanol–water partition coefficient (Wildman–Crippen LogP) is 5.84. The Balaban J connectivity index is 1.52. The third kappa shape index (κ3) is 8.58. The van der Waals surface area contributed by atoms with E-state index >= 15 is 0 Å². The molecule has 64 heavy (non-hydrogen) atoms. The lowest BCUT2D eigenvalue weighted by molar-refractivity contribution is -0.145. The summed E-state index contributed by atoms with van der Waals surface area (Å²) in [6.45, 7) is 12.7. The van der Waals surface area contributed by atoms with E-state index < -0.39 is 29.9 Å². The fourth-order valence-corrected chi connectivity index (χ4v) is 9.25. The van der Waals surface area contributed by atoms with Gasteiger partial charge in [-0.25, -0.2) is 29.5 Å². The first kappa shape index (κ1) is 45.5. The third-order valence-electron chi connectivity index (χ3n) is 13.0. The molecule has 14 nitrogen and oxygen atoms in total. The number of nitrogens with zero attached hydrogens (tertiary/aromatic N) is 4. The Bertz CT molecular complexity index is 2740. The largest absolute Gasteiger partial charge is 0.469 e. The van der Waals surface area contributed by atoms with E-state index in [2.05, 4.69) is 94.0 Å². The molecule has 0 saturated heterocycles. The normalized spacial score (nSPS) is 20.8. The van der Waals surface area contributed by atoms with E-state index in [1.54, 1.807) is 0 Å². The summed E-state index contributed by atoms with van der Waals surface area (Å²) < 4.78 is 19.7. The number of carbonyl (C=O) groups is 4. The van der Waals surface area contributed by atoms with Gasteiger partial charge in [-0.15, -0.1) is 0 Å². The Morgan fingerprint density at radius 1 is 0.891 bits per heavy atom. The van der Waals surface area contributed by atoms with Crippen molar-refractivity contribution in [3.05, 3.63) is 102 Å². The van der Waals surface area contributed by atoms with Crippen molar-refractivity contribution < 1.29 is 33.4 Å². The fraction of sp³-hybridized carbons (Fsp3) is 0.400. The molecule has 1 aromatic carbocycles. The number of aliphatic imine (C=N–C) groups is 2. The number of rotatable bonds is 15. The highest BCUT2D eigenvalue weighted by Gasteiger charge is 2.39. The van der Waals surface area contributed by atoms with Crippen LogP contribution in [0, 0.1) is 32.6 Å². The van der Waals surface area contributed by atoms with Crippen molar-refractivity contribution in [1.29, 1.82) is 0 Å². The number of fused-ring (bicyclic) bond motifs is 2. The second-order valence-electron chi connectivity index (χ2n) is 16.8. The summed E-state index contributed by atoms with van der Waals surface area (Å²) in [6, 6.07) is 7.53. The molecule has 0 aliphatic carbocycles. The summed E-state index contributed by atoms with van der Waals surface area (Å²) in [5.74, 6) is -2.63. The lowest BCUT2D eigenvalue weighted by atomic mass is 9.82. The molecule has 4 aliphatic heterocycles. The summed E-state index contributed by atoms with van der Waals surface area (Å²) in [5, 5.41) is 3.91. The molecule has 6 heterocycles. The zero-order chi connectivity index (χ0) is 46.0. The highest BCUT2D eigenvalue weighted by atomic mass is 16.5. The number of benzene rings is 1. The second-order valence-corrected chi connectivity index (χ2v) is 16.8. The number of nitrogens with two attached hydrogens (primary N) is 1. The topological polar surface area (TPSA) is 181 Å². The van der Waals surface area contributed by atoms with Crippen molar-refractivity contribution in [2.75, 3.05) is 33.4 Å². The molecular weight excluding hydrogens is 811 g/mol. The van der Waals surface area contributed by atoms with Crippen LogP contribution < -0.4 is 27.3 Å². The number of allylic oxidation sites excluding steroid dienone is 3. The Morgan fingerprint density at radius 3 is 2.31 bits per heavy atom. The maximum Gasteiger partial charge on any atom is 0.340 e. The maximum atomic E-state index is 14.2. The van der Waals surface area contributed by atoms with Crippen LogP contribution in [0.4, 0.5) is 0 Å². The van der Waals surface area contributed by atoms with Gasteiger partial charge in [0.05, 0.1) is 72.5 Å². The molecule has 4 aliphatic rings. The minimum Gasteiger partial charge on any atom is -0.469 e. The van der Waals surface area contributed by atoms with E-state index in [0.29, 0.717) is 59.8 Å². The van der Waals surface area contributed by atoms with Crippen LogP contribution >= 0.6 is 0 Å². The lowest BCUT2D eigenvalue weighted by Gasteiger charge is -2.21. The number of aryl methyl sites for hydroxylation is 1. The van der Waals surface area contributed by atoms with Gasteiger partial charge in [0, 0.05) is 35.1 Å². The third-order valence-corrected chi connectivity index (χ3v) is 13.0. The van der Waals surface area contributed by atoms with Crippen LogP contribution in [0.5, 0.6) is 0 Å². The van der Waals surface area contributed by atoms with Crippen molar-refractivity contribution >= 4 is 71.2 Å². The molecule has 14 heteroatoms. The first-order valence-electron chi connectivity index (χ1n) is 22.0. The molecule has 4 N–H and O–H groups in total. The summed E-state index contributed by atoms with van der Waals surface area (Å²) in [7, 11) is 3.96. The van der Waals surface area contributed by atoms with Crippen LogP contribution in [0.1, 0.15) is 115 Å². The van der Waals surface area contributed by atoms with Crippen molar-refractivity contribution in [1.82, 2.24) is 14.7 Å². The van der Waals surface area contributed by atoms with Gasteiger partial charge in [0.25, 0.3) is 0 Å². The van der Waals surface area contributed by atoms with Crippen LogP contribution in [0.25, 0.3) is 36.0 Å². The molecule has 0 unspecified atom stereocenters. The standard InChI is InChI=1S/C50H59N7O7/c1-10-33-28(3)38-25-43-34(19-18-32-16-14-27(2)15-17-32)30(5)41-24-39-29(4)35(20-21-44(58)53-37(49(60)63-8)13-11-12-22-51)47(54-39)36(23-45(59)62-7)48-46(50(61)64-9)31(6)42(26-40(33)52-38)57(48)55-56(41)43/h14-19,24-26,29,35,37,55H,10-13,20-23,51H2,1-9H3,(H,53,58)/b19-18+,38-25-,39-24-,40-26?,41-24?,42-26-,43-25?,47-36?,48-36-/t29-,35-,37-/m0/s1. The Labute approximate surface area is 374 Å². The van der Waals surface area contributed by atoms with Crippen molar-refractivity contribution in [2.24, 2.45) is 27.6 Å². The van der Waals surface area contributed by atoms with E-state index in [1.165, 1.54) is 26.9 Å². The van der Waals surface area contributed by atoms with Gasteiger partial charge >= 0.3 is 17.9 Å². The Hall–Kier alpha value is -6.54. The number of aromatic nitrogens is 2. The number of unbranched alkanes of at least 4 members (excludes halogenated alkanes) is 1. The number of amides is 1. The quantitative estimate of drug-likeness (QED) is 0.0962. The molecule has 0 radical (unpaired) electrons. The van der Waals surface area contributed by atoms with Gasteiger partial charge < -0.3 is 25.3 Å². The average molecular weight is 870 g/mol. The molecule has 7 rings (SSSR count). The van der Waals surface area contributed by atoms with Gasteiger partial charge in [0.15, 0.2) is 0 Å². The number of ether oxygens (including phenoxy) is 3. The Morgan fingerprint density at radius 2 is 1.64 bits per heavy atom. The van der Waals surface area contributed by atoms with E-state index in [-0.39, 0.29) is 30.2 Å². The first-order chi connectivity index (χ1) is 30.7. The summed E-state index contributed by atoms with van der Waals surface area (Å²) >= 11 is 0. The number of carbonyl (C=O) groups excluding carboxylic acids is 4. The number of esters is 3. The number of nitrogens with one attached hydrogen (secondary N) is 2. The van der Waals surface area contributed by atoms with Gasteiger partial charge in [-0.2, -0.15) is 0 Å². The Kier molecular flexibility index (Phi) is 13.5. The SMILES string of the molecule is CCC1=C(C)/C2=C/c3c(/C=C/c4ccc(C)cc4)c(C)c4n3Nn3/c(c(C)c(C(=O)OC)/c3=C(\CC(=O)OC)C3=N/C(=C\4)[C@@H](C)[C@@H]3CCC(=O)N[C@@H](CCCCN)C(=O)OC)=C\C1=N2. The van der Waals surface area contributed by atoms with Crippen molar-refractivity contribution in [2.45, 2.75) is 92.5 Å². The monoisotopic (exact) mass is 869 g/mol. The van der Waals surface area contributed by atoms with E-state index in [0.717, 1.165) is 62.8 Å². The number of methoxy groups -OCH3 is 3. The molecule has 3 atom stereocenters. The van der Waals surface area contributed by atoms with E-state index in [1.807, 2.05) is 22.4 Å². The van der Waals surface area contributed by atoms with Crippen LogP contribution in [0.3, 0.4) is 0 Å². The zero-order valence-corrected chi connectivity index (χ0v) is 38.3. The number of hydrogen-bond donors (Lipinski definition) is 3. The van der Waals surface area contributed by atoms with E-state index in [4.69, 9.17) is 29.9 Å². The first-order valence-corrected chi connectivity index (χ1v) is 22.0. The van der Waals surface area contributed by atoms with Crippen molar-refractivity contribution in [3.63, 3.8) is 0 Å². The molecule has 0 fully saturated rings. The molecule has 336 valence electrons. The minimum atomic E-state index is -0.817. The maximum absolute atomic E-state index is 14.2. The summed E-state index contributed by atoms with van der Waals surface area (Å²) in [5.41, 5.74) is 21.5. The van der Waals surface area contributed by atoms with Crippen LogP contribution in [-0.2, 0) is 28.6 Å². The number of hydrogen-bond acceptors (Lipinski definition) is 11. The second kappa shape index (κ2) is 19.1. The van der Waals surface area contributed by atoms with Gasteiger partial charge in [-0.05, 0) is 112 Å². The molecular formula is C50H59N7O7. The van der Waals surface area contributed by atoms with Crippen LogP contribution in [0.15, 0.2) is 56.8 Å². The fourth-order valence-electron chi connectivity index (χ4n) is 9.25. The molecule has 0 spiro atoms. The van der Waals surface area contributed by atoms with Crippen LogP contribution in [-0.4, -0.2) is 78.5 Å². The van der Waals surface area contributed by atoms with Gasteiger partial charge in [-0.3, -0.25) is 14.6 Å². The minimum absolute atomic E-state index is 0.0464. The lowest BCUT2D eigenvalue weighted by Crippen LogP contribution is -2.43. The van der Waals surface area contributed by atoms with Crippen molar-refractivity contribution in [3.8, 4) is 0 Å². The molecule has 0 saturated carbocycles.